The minimum absolute atomic E-state index is 0.0332. The molecule has 7 nitrogen and oxygen atoms in total. The fourth-order valence-corrected chi connectivity index (χ4v) is 2.46. The number of aliphatic carboxylic acids is 1. The first-order valence-corrected chi connectivity index (χ1v) is 8.50. The van der Waals surface area contributed by atoms with Gasteiger partial charge in [-0.25, -0.2) is 0 Å². The number of rotatable bonds is 9. The molecule has 0 aromatic heterocycles. The zero-order valence-electron chi connectivity index (χ0n) is 15.0. The van der Waals surface area contributed by atoms with Crippen LogP contribution in [-0.2, 0) is 9.59 Å². The molecular weight excluding hydrogens is 348 g/mol. The van der Waals surface area contributed by atoms with Crippen molar-refractivity contribution >= 4 is 17.8 Å². The number of carboxylic acid groups (broad SMARTS) is 1. The lowest BCUT2D eigenvalue weighted by Crippen LogP contribution is -2.40. The molecule has 0 bridgehead atoms. The van der Waals surface area contributed by atoms with Crippen molar-refractivity contribution in [1.82, 2.24) is 10.6 Å². The van der Waals surface area contributed by atoms with Gasteiger partial charge in [-0.1, -0.05) is 30.3 Å². The van der Waals surface area contributed by atoms with Gasteiger partial charge in [0, 0.05) is 18.5 Å². The molecule has 27 heavy (non-hydrogen) atoms. The van der Waals surface area contributed by atoms with E-state index >= 15 is 0 Å². The van der Waals surface area contributed by atoms with Gasteiger partial charge >= 0.3 is 5.97 Å². The predicted molar refractivity (Wildman–Crippen MR) is 99.5 cm³/mol. The molecule has 0 heterocycles. The number of benzene rings is 2. The number of methoxy groups -OCH3 is 1. The predicted octanol–water partition coefficient (Wildman–Crippen LogP) is 2.15. The molecule has 0 aliphatic rings. The Kier molecular flexibility index (Phi) is 7.37. The Balaban J connectivity index is 2.08. The molecule has 1 unspecified atom stereocenters. The van der Waals surface area contributed by atoms with E-state index in [4.69, 9.17) is 9.84 Å². The highest BCUT2D eigenvalue weighted by molar-refractivity contribution is 5.98. The lowest BCUT2D eigenvalue weighted by Gasteiger charge is -2.19. The van der Waals surface area contributed by atoms with E-state index in [-0.39, 0.29) is 13.0 Å². The van der Waals surface area contributed by atoms with Gasteiger partial charge in [-0.2, -0.15) is 0 Å². The molecule has 0 radical (unpaired) electrons. The summed E-state index contributed by atoms with van der Waals surface area (Å²) in [6, 6.07) is 14.5. The van der Waals surface area contributed by atoms with Crippen molar-refractivity contribution in [3.05, 3.63) is 65.7 Å². The molecule has 3 N–H and O–H groups in total. The van der Waals surface area contributed by atoms with E-state index in [9.17, 15) is 14.4 Å². The highest BCUT2D eigenvalue weighted by Gasteiger charge is 2.23. The maximum Gasteiger partial charge on any atom is 0.303 e. The van der Waals surface area contributed by atoms with Crippen molar-refractivity contribution in [2.45, 2.75) is 18.9 Å². The molecule has 2 rings (SSSR count). The van der Waals surface area contributed by atoms with E-state index in [1.54, 1.807) is 48.5 Å². The van der Waals surface area contributed by atoms with Crippen LogP contribution in [0, 0.1) is 0 Å². The van der Waals surface area contributed by atoms with Gasteiger partial charge in [0.05, 0.1) is 7.11 Å². The molecule has 7 heteroatoms. The summed E-state index contributed by atoms with van der Waals surface area (Å²) in [4.78, 5) is 35.7. The molecule has 0 saturated heterocycles. The summed E-state index contributed by atoms with van der Waals surface area (Å²) in [5, 5.41) is 14.1. The van der Waals surface area contributed by atoms with Crippen LogP contribution in [0.5, 0.6) is 5.75 Å². The first-order chi connectivity index (χ1) is 13.0. The van der Waals surface area contributed by atoms with Gasteiger partial charge in [0.1, 0.15) is 11.8 Å². The Morgan fingerprint density at radius 2 is 1.70 bits per heavy atom. The average molecular weight is 370 g/mol. The summed E-state index contributed by atoms with van der Waals surface area (Å²) in [7, 11) is 1.54. The van der Waals surface area contributed by atoms with Crippen LogP contribution in [0.2, 0.25) is 0 Å². The second-order valence-corrected chi connectivity index (χ2v) is 5.83. The molecule has 0 fully saturated rings. The van der Waals surface area contributed by atoms with Crippen molar-refractivity contribution in [1.29, 1.82) is 0 Å². The van der Waals surface area contributed by atoms with Crippen LogP contribution in [0.4, 0.5) is 0 Å². The second-order valence-electron chi connectivity index (χ2n) is 5.83. The largest absolute Gasteiger partial charge is 0.497 e. The number of carboxylic acids is 1. The van der Waals surface area contributed by atoms with E-state index in [0.29, 0.717) is 23.3 Å². The maximum absolute atomic E-state index is 12.6. The number of hydrogen-bond acceptors (Lipinski definition) is 4. The Hall–Kier alpha value is -3.35. The lowest BCUT2D eigenvalue weighted by molar-refractivity contribution is -0.137. The zero-order chi connectivity index (χ0) is 19.6. The fraction of sp³-hybridized carbons (Fsp3) is 0.250. The normalized spacial score (nSPS) is 11.3. The molecule has 0 saturated carbocycles. The standard InChI is InChI=1S/C20H22N2O5/c1-27-16-11-9-15(10-12-16)19(25)22-18(14-6-3-2-4-7-14)20(26)21-13-5-8-17(23)24/h2-4,6-7,9-12,18H,5,8,13H2,1H3,(H,21,26)(H,22,25)(H,23,24). The first-order valence-electron chi connectivity index (χ1n) is 8.50. The van der Waals surface area contributed by atoms with Crippen molar-refractivity contribution in [2.24, 2.45) is 0 Å². The van der Waals surface area contributed by atoms with E-state index < -0.39 is 23.8 Å². The maximum atomic E-state index is 12.6. The van der Waals surface area contributed by atoms with Gasteiger partial charge in [0.15, 0.2) is 0 Å². The topological polar surface area (TPSA) is 105 Å². The molecule has 1 atom stereocenters. The summed E-state index contributed by atoms with van der Waals surface area (Å²) in [6.07, 6.45) is 0.281. The van der Waals surface area contributed by atoms with Crippen molar-refractivity contribution in [3.63, 3.8) is 0 Å². The average Bonchev–Trinajstić information content (AvgIpc) is 2.69. The Morgan fingerprint density at radius 3 is 2.30 bits per heavy atom. The third-order valence-electron chi connectivity index (χ3n) is 3.89. The number of amides is 2. The van der Waals surface area contributed by atoms with Gasteiger partial charge in [0.25, 0.3) is 5.91 Å². The van der Waals surface area contributed by atoms with E-state index in [1.165, 1.54) is 7.11 Å². The molecule has 0 aliphatic carbocycles. The zero-order valence-corrected chi connectivity index (χ0v) is 15.0. The Bertz CT molecular complexity index is 775. The third-order valence-corrected chi connectivity index (χ3v) is 3.89. The van der Waals surface area contributed by atoms with Gasteiger partial charge in [0.2, 0.25) is 5.91 Å². The Labute approximate surface area is 157 Å². The summed E-state index contributed by atoms with van der Waals surface area (Å²) < 4.78 is 5.07. The van der Waals surface area contributed by atoms with Crippen molar-refractivity contribution in [2.75, 3.05) is 13.7 Å². The van der Waals surface area contributed by atoms with Gasteiger partial charge < -0.3 is 20.5 Å². The van der Waals surface area contributed by atoms with Crippen LogP contribution in [0.25, 0.3) is 0 Å². The summed E-state index contributed by atoms with van der Waals surface area (Å²) in [5.74, 6) is -1.08. The van der Waals surface area contributed by atoms with Crippen LogP contribution in [0.3, 0.4) is 0 Å². The van der Waals surface area contributed by atoms with E-state index in [1.807, 2.05) is 6.07 Å². The highest BCUT2D eigenvalue weighted by Crippen LogP contribution is 2.16. The van der Waals surface area contributed by atoms with Crippen LogP contribution in [0.1, 0.15) is 34.8 Å². The molecule has 0 aliphatic heterocycles. The highest BCUT2D eigenvalue weighted by atomic mass is 16.5. The van der Waals surface area contributed by atoms with Gasteiger partial charge in [-0.05, 0) is 36.2 Å². The van der Waals surface area contributed by atoms with Crippen LogP contribution < -0.4 is 15.4 Å². The van der Waals surface area contributed by atoms with E-state index in [0.717, 1.165) is 0 Å². The number of carbonyl (C=O) groups excluding carboxylic acids is 2. The number of carbonyl (C=O) groups is 3. The number of hydrogen-bond donors (Lipinski definition) is 3. The molecule has 2 amide bonds. The van der Waals surface area contributed by atoms with Gasteiger partial charge in [-0.3, -0.25) is 14.4 Å². The SMILES string of the molecule is COc1ccc(C(=O)NC(C(=O)NCCCC(=O)O)c2ccccc2)cc1. The first kappa shape index (κ1) is 20.0. The minimum atomic E-state index is -0.920. The molecule has 2 aromatic carbocycles. The van der Waals surface area contributed by atoms with Crippen LogP contribution >= 0.6 is 0 Å². The van der Waals surface area contributed by atoms with Crippen molar-refractivity contribution in [3.8, 4) is 5.75 Å². The summed E-state index contributed by atoms with van der Waals surface area (Å²) in [6.45, 7) is 0.215. The quantitative estimate of drug-likeness (QED) is 0.587. The monoisotopic (exact) mass is 370 g/mol. The van der Waals surface area contributed by atoms with Crippen LogP contribution in [0.15, 0.2) is 54.6 Å². The number of nitrogens with one attached hydrogen (secondary N) is 2. The van der Waals surface area contributed by atoms with Crippen molar-refractivity contribution < 1.29 is 24.2 Å². The fourth-order valence-electron chi connectivity index (χ4n) is 2.46. The Morgan fingerprint density at radius 1 is 1.04 bits per heavy atom. The van der Waals surface area contributed by atoms with Gasteiger partial charge in [-0.15, -0.1) is 0 Å². The lowest BCUT2D eigenvalue weighted by atomic mass is 10.1. The molecule has 2 aromatic rings. The number of ether oxygens (including phenoxy) is 1. The van der Waals surface area contributed by atoms with E-state index in [2.05, 4.69) is 10.6 Å². The second kappa shape index (κ2) is 9.96. The molecule has 0 spiro atoms. The summed E-state index contributed by atoms with van der Waals surface area (Å²) in [5.41, 5.74) is 1.03. The third kappa shape index (κ3) is 6.14. The summed E-state index contributed by atoms with van der Waals surface area (Å²) >= 11 is 0. The minimum Gasteiger partial charge on any atom is -0.497 e. The van der Waals surface area contributed by atoms with Crippen LogP contribution in [-0.4, -0.2) is 36.5 Å². The smallest absolute Gasteiger partial charge is 0.303 e. The molecular formula is C20H22N2O5. The molecule has 142 valence electrons.